The van der Waals surface area contributed by atoms with Gasteiger partial charge in [-0.05, 0) is 24.0 Å². The number of carboxylic acid groups (broad SMARTS) is 1. The lowest BCUT2D eigenvalue weighted by atomic mass is 10.1. The van der Waals surface area contributed by atoms with Crippen molar-refractivity contribution in [1.29, 1.82) is 0 Å². The molecule has 1 unspecified atom stereocenters. The molecule has 0 fully saturated rings. The number of rotatable bonds is 5. The van der Waals surface area contributed by atoms with Crippen molar-refractivity contribution >= 4 is 12.0 Å². The molecule has 0 saturated heterocycles. The summed E-state index contributed by atoms with van der Waals surface area (Å²) < 4.78 is 0. The van der Waals surface area contributed by atoms with E-state index in [2.05, 4.69) is 10.6 Å². The predicted molar refractivity (Wildman–Crippen MR) is 72.4 cm³/mol. The van der Waals surface area contributed by atoms with Gasteiger partial charge < -0.3 is 20.8 Å². The molecule has 2 amide bonds. The van der Waals surface area contributed by atoms with Gasteiger partial charge in [0.25, 0.3) is 0 Å². The second-order valence-corrected chi connectivity index (χ2v) is 4.89. The zero-order chi connectivity index (χ0) is 14.5. The van der Waals surface area contributed by atoms with Crippen LogP contribution in [0.4, 0.5) is 4.79 Å². The summed E-state index contributed by atoms with van der Waals surface area (Å²) in [5, 5.41) is 22.8. The van der Waals surface area contributed by atoms with E-state index in [0.29, 0.717) is 0 Å². The maximum absolute atomic E-state index is 11.8. The second kappa shape index (κ2) is 6.38. The second-order valence-electron chi connectivity index (χ2n) is 4.89. The minimum absolute atomic E-state index is 0.00630. The lowest BCUT2D eigenvalue weighted by Crippen LogP contribution is -2.49. The molecule has 6 nitrogen and oxygen atoms in total. The highest BCUT2D eigenvalue weighted by Gasteiger charge is 2.24. The van der Waals surface area contributed by atoms with Crippen molar-refractivity contribution in [3.63, 3.8) is 0 Å². The van der Waals surface area contributed by atoms with Gasteiger partial charge in [0.1, 0.15) is 6.04 Å². The maximum atomic E-state index is 11.8. The number of hydrogen-bond donors (Lipinski definition) is 4. The highest BCUT2D eigenvalue weighted by molar-refractivity contribution is 5.82. The Hall–Kier alpha value is -2.08. The molecule has 0 spiro atoms. The van der Waals surface area contributed by atoms with Crippen molar-refractivity contribution in [1.82, 2.24) is 10.6 Å². The normalized spacial score (nSPS) is 15.4. The van der Waals surface area contributed by atoms with Crippen molar-refractivity contribution in [2.75, 3.05) is 6.61 Å². The third kappa shape index (κ3) is 3.48. The number of aliphatic carboxylic acids is 1. The summed E-state index contributed by atoms with van der Waals surface area (Å²) in [6.07, 6.45) is 1.50. The fraction of sp³-hybridized carbons (Fsp3) is 0.429. The standard InChI is InChI=1S/C14H18N2O4/c17-6-5-12(13(18)19)16-14(20)15-11-7-9-3-1-2-4-10(9)8-11/h1-4,11-12,17H,5-8H2,(H,18,19)(H2,15,16,20). The number of amides is 2. The lowest BCUT2D eigenvalue weighted by Gasteiger charge is -2.17. The van der Waals surface area contributed by atoms with Gasteiger partial charge in [-0.25, -0.2) is 9.59 Å². The first kappa shape index (κ1) is 14.3. The van der Waals surface area contributed by atoms with Gasteiger partial charge in [-0.15, -0.1) is 0 Å². The van der Waals surface area contributed by atoms with Crippen molar-refractivity contribution in [2.24, 2.45) is 0 Å². The van der Waals surface area contributed by atoms with E-state index in [-0.39, 0.29) is 19.1 Å². The Morgan fingerprint density at radius 3 is 2.35 bits per heavy atom. The van der Waals surface area contributed by atoms with Gasteiger partial charge >= 0.3 is 12.0 Å². The summed E-state index contributed by atoms with van der Waals surface area (Å²) in [4.78, 5) is 22.7. The van der Waals surface area contributed by atoms with Crippen LogP contribution in [0.25, 0.3) is 0 Å². The quantitative estimate of drug-likeness (QED) is 0.622. The van der Waals surface area contributed by atoms with Crippen LogP contribution in [0.2, 0.25) is 0 Å². The number of benzene rings is 1. The third-order valence-electron chi connectivity index (χ3n) is 3.41. The molecular formula is C14H18N2O4. The van der Waals surface area contributed by atoms with E-state index >= 15 is 0 Å². The zero-order valence-electron chi connectivity index (χ0n) is 11.0. The number of aliphatic hydroxyl groups excluding tert-OH is 1. The summed E-state index contributed by atoms with van der Waals surface area (Å²) >= 11 is 0. The average molecular weight is 278 g/mol. The molecule has 0 aromatic heterocycles. The van der Waals surface area contributed by atoms with E-state index in [4.69, 9.17) is 10.2 Å². The Bertz CT molecular complexity index is 479. The summed E-state index contributed by atoms with van der Waals surface area (Å²) in [5.74, 6) is -1.15. The Morgan fingerprint density at radius 1 is 1.25 bits per heavy atom. The monoisotopic (exact) mass is 278 g/mol. The number of aliphatic hydroxyl groups is 1. The molecule has 108 valence electrons. The molecule has 2 rings (SSSR count). The molecule has 6 heteroatoms. The van der Waals surface area contributed by atoms with E-state index in [1.807, 2.05) is 24.3 Å². The number of fused-ring (bicyclic) bond motifs is 1. The van der Waals surface area contributed by atoms with Gasteiger partial charge in [-0.2, -0.15) is 0 Å². The molecule has 1 aromatic carbocycles. The maximum Gasteiger partial charge on any atom is 0.326 e. The van der Waals surface area contributed by atoms with E-state index in [1.165, 1.54) is 11.1 Å². The van der Waals surface area contributed by atoms with Crippen LogP contribution in [-0.4, -0.2) is 40.9 Å². The predicted octanol–water partition coefficient (Wildman–Crippen LogP) is 0.289. The van der Waals surface area contributed by atoms with Crippen LogP contribution in [0.5, 0.6) is 0 Å². The molecular weight excluding hydrogens is 260 g/mol. The Labute approximate surface area is 116 Å². The minimum atomic E-state index is -1.15. The highest BCUT2D eigenvalue weighted by atomic mass is 16.4. The van der Waals surface area contributed by atoms with Crippen LogP contribution in [0.15, 0.2) is 24.3 Å². The fourth-order valence-corrected chi connectivity index (χ4v) is 2.43. The molecule has 1 aliphatic carbocycles. The van der Waals surface area contributed by atoms with Gasteiger partial charge in [-0.3, -0.25) is 0 Å². The molecule has 1 atom stereocenters. The first-order valence-electron chi connectivity index (χ1n) is 6.57. The SMILES string of the molecule is O=C(NC1Cc2ccccc2C1)NC(CCO)C(=O)O. The van der Waals surface area contributed by atoms with Gasteiger partial charge in [0.2, 0.25) is 0 Å². The zero-order valence-corrected chi connectivity index (χ0v) is 11.0. The molecule has 0 aliphatic heterocycles. The number of hydrogen-bond acceptors (Lipinski definition) is 3. The highest BCUT2D eigenvalue weighted by Crippen LogP contribution is 2.21. The summed E-state index contributed by atoms with van der Waals surface area (Å²) in [5.41, 5.74) is 2.42. The third-order valence-corrected chi connectivity index (χ3v) is 3.41. The van der Waals surface area contributed by atoms with Gasteiger partial charge in [-0.1, -0.05) is 24.3 Å². The summed E-state index contributed by atoms with van der Waals surface area (Å²) in [6.45, 7) is -0.286. The van der Waals surface area contributed by atoms with Crippen LogP contribution in [0, 0.1) is 0 Å². The van der Waals surface area contributed by atoms with E-state index < -0.39 is 18.0 Å². The molecule has 20 heavy (non-hydrogen) atoms. The Balaban J connectivity index is 1.86. The number of carboxylic acids is 1. The largest absolute Gasteiger partial charge is 0.480 e. The number of urea groups is 1. The Morgan fingerprint density at radius 2 is 1.85 bits per heavy atom. The van der Waals surface area contributed by atoms with Gasteiger partial charge in [0, 0.05) is 19.1 Å². The van der Waals surface area contributed by atoms with E-state index in [1.54, 1.807) is 0 Å². The Kier molecular flexibility index (Phi) is 4.57. The molecule has 0 bridgehead atoms. The van der Waals surface area contributed by atoms with Crippen LogP contribution >= 0.6 is 0 Å². The van der Waals surface area contributed by atoms with Crippen LogP contribution in [0.3, 0.4) is 0 Å². The van der Waals surface area contributed by atoms with Crippen molar-refractivity contribution in [3.05, 3.63) is 35.4 Å². The minimum Gasteiger partial charge on any atom is -0.480 e. The molecule has 1 aromatic rings. The summed E-state index contributed by atoms with van der Waals surface area (Å²) in [6, 6.07) is 6.39. The van der Waals surface area contributed by atoms with Crippen molar-refractivity contribution < 1.29 is 19.8 Å². The van der Waals surface area contributed by atoms with Gasteiger partial charge in [0.05, 0.1) is 0 Å². The van der Waals surface area contributed by atoms with Crippen molar-refractivity contribution in [3.8, 4) is 0 Å². The van der Waals surface area contributed by atoms with Gasteiger partial charge in [0.15, 0.2) is 0 Å². The van der Waals surface area contributed by atoms with E-state index in [0.717, 1.165) is 12.8 Å². The van der Waals surface area contributed by atoms with Crippen LogP contribution < -0.4 is 10.6 Å². The molecule has 0 saturated carbocycles. The number of nitrogens with one attached hydrogen (secondary N) is 2. The average Bonchev–Trinajstić information content (AvgIpc) is 2.79. The topological polar surface area (TPSA) is 98.7 Å². The number of carbonyl (C=O) groups is 2. The first-order chi connectivity index (χ1) is 9.60. The van der Waals surface area contributed by atoms with Crippen LogP contribution in [-0.2, 0) is 17.6 Å². The fourth-order valence-electron chi connectivity index (χ4n) is 2.43. The number of carbonyl (C=O) groups excluding carboxylic acids is 1. The lowest BCUT2D eigenvalue weighted by molar-refractivity contribution is -0.139. The molecule has 0 radical (unpaired) electrons. The van der Waals surface area contributed by atoms with Crippen LogP contribution in [0.1, 0.15) is 17.5 Å². The first-order valence-corrected chi connectivity index (χ1v) is 6.57. The smallest absolute Gasteiger partial charge is 0.326 e. The van der Waals surface area contributed by atoms with E-state index in [9.17, 15) is 9.59 Å². The molecule has 4 N–H and O–H groups in total. The molecule has 1 aliphatic rings. The van der Waals surface area contributed by atoms with Crippen molar-refractivity contribution in [2.45, 2.75) is 31.3 Å². The summed E-state index contributed by atoms with van der Waals surface area (Å²) in [7, 11) is 0. The molecule has 0 heterocycles.